The molecule has 134 valence electrons. The molecule has 0 aliphatic rings. The first kappa shape index (κ1) is 20.0. The molecule has 0 spiro atoms. The van der Waals surface area contributed by atoms with Crippen molar-refractivity contribution in [2.75, 3.05) is 26.1 Å². The quantitative estimate of drug-likeness (QED) is 0.737. The van der Waals surface area contributed by atoms with Crippen LogP contribution in [-0.4, -0.2) is 38.3 Å². The largest absolute Gasteiger partial charge is 0.496 e. The first-order chi connectivity index (χ1) is 11.3. The lowest BCUT2D eigenvalue weighted by Crippen LogP contribution is -2.44. The Balaban J connectivity index is 3.06. The molecule has 0 aromatic heterocycles. The van der Waals surface area contributed by atoms with E-state index in [0.29, 0.717) is 30.4 Å². The zero-order chi connectivity index (χ0) is 18.3. The summed E-state index contributed by atoms with van der Waals surface area (Å²) in [6.07, 6.45) is 0.590. The number of amides is 1. The molecule has 0 heterocycles. The smallest absolute Gasteiger partial charge is 0.341 e. The van der Waals surface area contributed by atoms with E-state index >= 15 is 0 Å². The lowest BCUT2D eigenvalue weighted by atomic mass is 9.93. The number of rotatable bonds is 8. The molecule has 6 nitrogen and oxygen atoms in total. The molecule has 0 saturated heterocycles. The van der Waals surface area contributed by atoms with E-state index in [-0.39, 0.29) is 11.5 Å². The minimum atomic E-state index is -0.936. The van der Waals surface area contributed by atoms with Gasteiger partial charge in [-0.05, 0) is 44.4 Å². The molecule has 0 bridgehead atoms. The molecule has 1 amide bonds. The second kappa shape index (κ2) is 8.68. The number of benzene rings is 1. The number of carbonyl (C=O) groups excluding carboxylic acids is 2. The molecule has 6 heteroatoms. The maximum absolute atomic E-state index is 12.7. The van der Waals surface area contributed by atoms with Crippen LogP contribution in [0.2, 0.25) is 0 Å². The molecule has 0 aliphatic heterocycles. The van der Waals surface area contributed by atoms with Gasteiger partial charge < -0.3 is 19.5 Å². The number of carbonyl (C=O) groups is 2. The monoisotopic (exact) mass is 337 g/mol. The maximum atomic E-state index is 12.7. The fraction of sp³-hybridized carbons (Fsp3) is 0.556. The van der Waals surface area contributed by atoms with Gasteiger partial charge in [0.2, 0.25) is 0 Å². The molecule has 1 aromatic carbocycles. The van der Waals surface area contributed by atoms with Gasteiger partial charge in [-0.3, -0.25) is 4.79 Å². The van der Waals surface area contributed by atoms with Crippen molar-refractivity contribution in [1.82, 2.24) is 0 Å². The van der Waals surface area contributed by atoms with Crippen LogP contribution in [0.4, 0.5) is 5.69 Å². The van der Waals surface area contributed by atoms with E-state index in [4.69, 9.17) is 14.2 Å². The first-order valence-corrected chi connectivity index (χ1v) is 7.99. The van der Waals surface area contributed by atoms with Crippen molar-refractivity contribution in [1.29, 1.82) is 0 Å². The van der Waals surface area contributed by atoms with E-state index in [1.54, 1.807) is 19.1 Å². The highest BCUT2D eigenvalue weighted by Gasteiger charge is 2.34. The number of methoxy groups -OCH3 is 2. The Hall–Kier alpha value is -2.08. The zero-order valence-corrected chi connectivity index (χ0v) is 15.3. The Kier molecular flexibility index (Phi) is 7.22. The second-order valence-corrected chi connectivity index (χ2v) is 6.12. The first-order valence-electron chi connectivity index (χ1n) is 7.99. The topological polar surface area (TPSA) is 73.9 Å². The highest BCUT2D eigenvalue weighted by Crippen LogP contribution is 2.26. The standard InChI is InChI=1S/C18H27NO5/c1-7-24-18(4,11-12(2)3)17(21)19-13-8-9-15(22-5)14(10-13)16(20)23-6/h8-10,12H,7,11H2,1-6H3,(H,19,21). The van der Waals surface area contributed by atoms with Gasteiger partial charge in [0.15, 0.2) is 0 Å². The van der Waals surface area contributed by atoms with E-state index in [9.17, 15) is 9.59 Å². The summed E-state index contributed by atoms with van der Waals surface area (Å²) in [7, 11) is 2.76. The van der Waals surface area contributed by atoms with E-state index in [2.05, 4.69) is 5.32 Å². The van der Waals surface area contributed by atoms with E-state index < -0.39 is 11.6 Å². The van der Waals surface area contributed by atoms with Crippen LogP contribution < -0.4 is 10.1 Å². The summed E-state index contributed by atoms with van der Waals surface area (Å²) in [6.45, 7) is 8.14. The van der Waals surface area contributed by atoms with Crippen LogP contribution in [0.3, 0.4) is 0 Å². The Labute approximate surface area is 143 Å². The van der Waals surface area contributed by atoms with Crippen molar-refractivity contribution < 1.29 is 23.8 Å². The average Bonchev–Trinajstić information content (AvgIpc) is 2.53. The summed E-state index contributed by atoms with van der Waals surface area (Å²) in [4.78, 5) is 24.5. The van der Waals surface area contributed by atoms with Crippen LogP contribution in [-0.2, 0) is 14.3 Å². The SMILES string of the molecule is CCOC(C)(CC(C)C)C(=O)Nc1ccc(OC)c(C(=O)OC)c1. The molecule has 1 aromatic rings. The summed E-state index contributed by atoms with van der Waals surface area (Å²) < 4.78 is 15.6. The molecule has 0 radical (unpaired) electrons. The van der Waals surface area contributed by atoms with Crippen LogP contribution in [0.15, 0.2) is 18.2 Å². The molecular formula is C18H27NO5. The Morgan fingerprint density at radius 3 is 2.42 bits per heavy atom. The minimum absolute atomic E-state index is 0.250. The van der Waals surface area contributed by atoms with Crippen LogP contribution in [0.1, 0.15) is 44.5 Å². The van der Waals surface area contributed by atoms with Gasteiger partial charge in [-0.15, -0.1) is 0 Å². The lowest BCUT2D eigenvalue weighted by Gasteiger charge is -2.30. The third-order valence-corrected chi connectivity index (χ3v) is 3.60. The second-order valence-electron chi connectivity index (χ2n) is 6.12. The van der Waals surface area contributed by atoms with Gasteiger partial charge in [0.25, 0.3) is 5.91 Å². The van der Waals surface area contributed by atoms with Crippen molar-refractivity contribution >= 4 is 17.6 Å². The minimum Gasteiger partial charge on any atom is -0.496 e. The van der Waals surface area contributed by atoms with Gasteiger partial charge in [-0.1, -0.05) is 13.8 Å². The van der Waals surface area contributed by atoms with Crippen molar-refractivity contribution in [2.24, 2.45) is 5.92 Å². The lowest BCUT2D eigenvalue weighted by molar-refractivity contribution is -0.140. The number of hydrogen-bond acceptors (Lipinski definition) is 5. The van der Waals surface area contributed by atoms with E-state index in [1.807, 2.05) is 20.8 Å². The van der Waals surface area contributed by atoms with Crippen LogP contribution >= 0.6 is 0 Å². The molecule has 1 atom stereocenters. The third-order valence-electron chi connectivity index (χ3n) is 3.60. The number of anilines is 1. The number of ether oxygens (including phenoxy) is 3. The van der Waals surface area contributed by atoms with E-state index in [0.717, 1.165) is 0 Å². The van der Waals surface area contributed by atoms with E-state index in [1.165, 1.54) is 20.3 Å². The summed E-state index contributed by atoms with van der Waals surface area (Å²) in [5, 5.41) is 2.82. The fourth-order valence-electron chi connectivity index (χ4n) is 2.63. The zero-order valence-electron chi connectivity index (χ0n) is 15.3. The normalized spacial score (nSPS) is 13.3. The van der Waals surface area contributed by atoms with Crippen LogP contribution in [0.25, 0.3) is 0 Å². The molecule has 24 heavy (non-hydrogen) atoms. The van der Waals surface area contributed by atoms with Crippen molar-refractivity contribution in [3.8, 4) is 5.75 Å². The summed E-state index contributed by atoms with van der Waals surface area (Å²) in [6, 6.07) is 4.82. The van der Waals surface area contributed by atoms with Gasteiger partial charge in [0, 0.05) is 12.3 Å². The summed E-state index contributed by atoms with van der Waals surface area (Å²) >= 11 is 0. The van der Waals surface area contributed by atoms with Gasteiger partial charge in [-0.2, -0.15) is 0 Å². The Morgan fingerprint density at radius 1 is 1.25 bits per heavy atom. The number of hydrogen-bond donors (Lipinski definition) is 1. The molecule has 1 unspecified atom stereocenters. The van der Waals surface area contributed by atoms with Gasteiger partial charge in [-0.25, -0.2) is 4.79 Å². The molecule has 1 N–H and O–H groups in total. The number of esters is 1. The molecule has 0 aliphatic carbocycles. The number of nitrogens with one attached hydrogen (secondary N) is 1. The molecule has 0 fully saturated rings. The molecule has 0 saturated carbocycles. The fourth-order valence-corrected chi connectivity index (χ4v) is 2.63. The maximum Gasteiger partial charge on any atom is 0.341 e. The Morgan fingerprint density at radius 2 is 1.92 bits per heavy atom. The predicted molar refractivity (Wildman–Crippen MR) is 92.4 cm³/mol. The van der Waals surface area contributed by atoms with Gasteiger partial charge >= 0.3 is 5.97 Å². The van der Waals surface area contributed by atoms with Crippen molar-refractivity contribution in [3.05, 3.63) is 23.8 Å². The third kappa shape index (κ3) is 4.96. The molecule has 1 rings (SSSR count). The highest BCUT2D eigenvalue weighted by atomic mass is 16.5. The Bertz CT molecular complexity index is 585. The predicted octanol–water partition coefficient (Wildman–Crippen LogP) is 3.26. The highest BCUT2D eigenvalue weighted by molar-refractivity contribution is 5.99. The van der Waals surface area contributed by atoms with Crippen molar-refractivity contribution in [2.45, 2.75) is 39.7 Å². The van der Waals surface area contributed by atoms with Gasteiger partial charge in [0.05, 0.1) is 14.2 Å². The summed E-state index contributed by atoms with van der Waals surface area (Å²) in [5.74, 6) is -0.0971. The average molecular weight is 337 g/mol. The van der Waals surface area contributed by atoms with Crippen LogP contribution in [0.5, 0.6) is 5.75 Å². The van der Waals surface area contributed by atoms with Gasteiger partial charge in [0.1, 0.15) is 16.9 Å². The molecular weight excluding hydrogens is 310 g/mol. The van der Waals surface area contributed by atoms with Crippen molar-refractivity contribution in [3.63, 3.8) is 0 Å². The summed E-state index contributed by atoms with van der Waals surface area (Å²) in [5.41, 5.74) is -0.204. The van der Waals surface area contributed by atoms with Crippen LogP contribution in [0, 0.1) is 5.92 Å².